The van der Waals surface area contributed by atoms with Crippen molar-refractivity contribution in [3.63, 3.8) is 0 Å². The Morgan fingerprint density at radius 1 is 1.14 bits per heavy atom. The van der Waals surface area contributed by atoms with Gasteiger partial charge in [0.2, 0.25) is 0 Å². The molecule has 0 unspecified atom stereocenters. The van der Waals surface area contributed by atoms with Gasteiger partial charge in [-0.3, -0.25) is 0 Å². The number of nitrogens with one attached hydrogen (secondary N) is 1. The van der Waals surface area contributed by atoms with Gasteiger partial charge in [-0.1, -0.05) is 25.3 Å². The molecule has 2 saturated carbocycles. The molecule has 116 valence electrons. The highest BCUT2D eigenvalue weighted by Gasteiger charge is 2.22. The van der Waals surface area contributed by atoms with Crippen molar-refractivity contribution < 1.29 is 0 Å². The van der Waals surface area contributed by atoms with Crippen LogP contribution in [0.4, 0.5) is 5.82 Å². The zero-order chi connectivity index (χ0) is 14.7. The van der Waals surface area contributed by atoms with Crippen molar-refractivity contribution in [1.82, 2.24) is 10.3 Å². The molecule has 3 nitrogen and oxygen atoms in total. The van der Waals surface area contributed by atoms with Gasteiger partial charge in [-0.25, -0.2) is 4.98 Å². The van der Waals surface area contributed by atoms with Gasteiger partial charge in [0.1, 0.15) is 5.82 Å². The van der Waals surface area contributed by atoms with E-state index < -0.39 is 0 Å². The standard InChI is InChI=1S/C18H29N3/c1-3-21(17-7-5-4-6-8-17)18-12-9-15(14(2)20-18)13-19-16-10-11-16/h9,12,16-17,19H,3-8,10-11,13H2,1-2H3. The average Bonchev–Trinajstić information content (AvgIpc) is 3.32. The number of hydrogen-bond donors (Lipinski definition) is 1. The van der Waals surface area contributed by atoms with Crippen LogP contribution in [-0.2, 0) is 6.54 Å². The second-order valence-corrected chi connectivity index (χ2v) is 6.65. The minimum Gasteiger partial charge on any atom is -0.354 e. The van der Waals surface area contributed by atoms with Crippen LogP contribution in [0.25, 0.3) is 0 Å². The van der Waals surface area contributed by atoms with Gasteiger partial charge in [0.25, 0.3) is 0 Å². The van der Waals surface area contributed by atoms with Crippen molar-refractivity contribution in [2.75, 3.05) is 11.4 Å². The Morgan fingerprint density at radius 3 is 2.52 bits per heavy atom. The van der Waals surface area contributed by atoms with Gasteiger partial charge in [-0.05, 0) is 51.2 Å². The van der Waals surface area contributed by atoms with Gasteiger partial charge in [-0.2, -0.15) is 0 Å². The van der Waals surface area contributed by atoms with Gasteiger partial charge in [0, 0.05) is 30.9 Å². The predicted molar refractivity (Wildman–Crippen MR) is 88.7 cm³/mol. The Morgan fingerprint density at radius 2 is 1.90 bits per heavy atom. The van der Waals surface area contributed by atoms with Crippen LogP contribution < -0.4 is 10.2 Å². The minimum atomic E-state index is 0.700. The van der Waals surface area contributed by atoms with E-state index in [9.17, 15) is 0 Å². The third kappa shape index (κ3) is 3.76. The summed E-state index contributed by atoms with van der Waals surface area (Å²) in [6.07, 6.45) is 9.52. The molecule has 0 aromatic carbocycles. The number of anilines is 1. The smallest absolute Gasteiger partial charge is 0.129 e. The predicted octanol–water partition coefficient (Wildman–Crippen LogP) is 3.80. The van der Waals surface area contributed by atoms with Crippen LogP contribution in [0.5, 0.6) is 0 Å². The maximum atomic E-state index is 4.90. The molecular weight excluding hydrogens is 258 g/mol. The molecule has 1 aromatic rings. The molecule has 1 aromatic heterocycles. The Hall–Kier alpha value is -1.09. The van der Waals surface area contributed by atoms with E-state index in [1.165, 1.54) is 62.0 Å². The fraction of sp³-hybridized carbons (Fsp3) is 0.722. The highest BCUT2D eigenvalue weighted by atomic mass is 15.2. The summed E-state index contributed by atoms with van der Waals surface area (Å²) in [6, 6.07) is 5.97. The highest BCUT2D eigenvalue weighted by molar-refractivity contribution is 5.43. The molecule has 0 radical (unpaired) electrons. The van der Waals surface area contributed by atoms with Crippen molar-refractivity contribution in [2.45, 2.75) is 77.4 Å². The quantitative estimate of drug-likeness (QED) is 0.862. The fourth-order valence-electron chi connectivity index (χ4n) is 3.47. The first-order valence-electron chi connectivity index (χ1n) is 8.74. The Labute approximate surface area is 129 Å². The molecule has 0 spiro atoms. The van der Waals surface area contributed by atoms with E-state index in [4.69, 9.17) is 4.98 Å². The van der Waals surface area contributed by atoms with E-state index in [2.05, 4.69) is 36.2 Å². The first-order chi connectivity index (χ1) is 10.3. The Kier molecular flexibility index (Phi) is 4.79. The summed E-state index contributed by atoms with van der Waals surface area (Å²) in [5.41, 5.74) is 2.54. The van der Waals surface area contributed by atoms with E-state index in [0.29, 0.717) is 6.04 Å². The molecule has 3 rings (SSSR count). The molecule has 2 fully saturated rings. The lowest BCUT2D eigenvalue weighted by Crippen LogP contribution is -2.37. The number of nitrogens with zero attached hydrogens (tertiary/aromatic N) is 2. The van der Waals surface area contributed by atoms with E-state index in [0.717, 1.165) is 19.1 Å². The van der Waals surface area contributed by atoms with Gasteiger partial charge in [0.05, 0.1) is 0 Å². The van der Waals surface area contributed by atoms with Crippen molar-refractivity contribution in [3.8, 4) is 0 Å². The maximum Gasteiger partial charge on any atom is 0.129 e. The van der Waals surface area contributed by atoms with E-state index in [1.807, 2.05) is 0 Å². The zero-order valence-electron chi connectivity index (χ0n) is 13.6. The van der Waals surface area contributed by atoms with E-state index >= 15 is 0 Å². The molecule has 0 saturated heterocycles. The lowest BCUT2D eigenvalue weighted by molar-refractivity contribution is 0.416. The van der Waals surface area contributed by atoms with Crippen LogP contribution >= 0.6 is 0 Å². The summed E-state index contributed by atoms with van der Waals surface area (Å²) in [5, 5.41) is 3.59. The Balaban J connectivity index is 1.69. The number of aromatic nitrogens is 1. The van der Waals surface area contributed by atoms with Crippen molar-refractivity contribution >= 4 is 5.82 Å². The molecule has 0 bridgehead atoms. The van der Waals surface area contributed by atoms with E-state index in [1.54, 1.807) is 0 Å². The lowest BCUT2D eigenvalue weighted by atomic mass is 9.94. The van der Waals surface area contributed by atoms with Crippen molar-refractivity contribution in [2.24, 2.45) is 0 Å². The highest BCUT2D eigenvalue weighted by Crippen LogP contribution is 2.27. The molecule has 1 N–H and O–H groups in total. The number of aryl methyl sites for hydroxylation is 1. The van der Waals surface area contributed by atoms with Crippen LogP contribution in [0.2, 0.25) is 0 Å². The summed E-state index contributed by atoms with van der Waals surface area (Å²) in [6.45, 7) is 6.45. The maximum absolute atomic E-state index is 4.90. The zero-order valence-corrected chi connectivity index (χ0v) is 13.6. The first-order valence-corrected chi connectivity index (χ1v) is 8.74. The molecule has 0 atom stereocenters. The molecule has 0 aliphatic heterocycles. The van der Waals surface area contributed by atoms with Crippen LogP contribution in [0.3, 0.4) is 0 Å². The van der Waals surface area contributed by atoms with Gasteiger partial charge >= 0.3 is 0 Å². The third-order valence-electron chi connectivity index (χ3n) is 4.99. The number of rotatable bonds is 6. The molecule has 2 aliphatic rings. The molecule has 0 amide bonds. The van der Waals surface area contributed by atoms with Crippen molar-refractivity contribution in [3.05, 3.63) is 23.4 Å². The average molecular weight is 287 g/mol. The number of pyridine rings is 1. The third-order valence-corrected chi connectivity index (χ3v) is 4.99. The van der Waals surface area contributed by atoms with E-state index in [-0.39, 0.29) is 0 Å². The van der Waals surface area contributed by atoms with Crippen LogP contribution in [-0.4, -0.2) is 23.6 Å². The normalized spacial score (nSPS) is 19.7. The van der Waals surface area contributed by atoms with Gasteiger partial charge in [0.15, 0.2) is 0 Å². The molecular formula is C18H29N3. The summed E-state index contributed by atoms with van der Waals surface area (Å²) in [5.74, 6) is 1.18. The SMILES string of the molecule is CCN(c1ccc(CNC2CC2)c(C)n1)C1CCCCC1. The monoisotopic (exact) mass is 287 g/mol. The van der Waals surface area contributed by atoms with Gasteiger partial charge in [-0.15, -0.1) is 0 Å². The first kappa shape index (κ1) is 14.8. The lowest BCUT2D eigenvalue weighted by Gasteiger charge is -2.34. The summed E-state index contributed by atoms with van der Waals surface area (Å²) >= 11 is 0. The summed E-state index contributed by atoms with van der Waals surface area (Å²) in [4.78, 5) is 7.42. The largest absolute Gasteiger partial charge is 0.354 e. The second-order valence-electron chi connectivity index (χ2n) is 6.65. The summed E-state index contributed by atoms with van der Waals surface area (Å²) in [7, 11) is 0. The van der Waals surface area contributed by atoms with Crippen LogP contribution in [0, 0.1) is 6.92 Å². The van der Waals surface area contributed by atoms with Gasteiger partial charge < -0.3 is 10.2 Å². The van der Waals surface area contributed by atoms with Crippen LogP contribution in [0.15, 0.2) is 12.1 Å². The van der Waals surface area contributed by atoms with Crippen LogP contribution in [0.1, 0.15) is 63.1 Å². The minimum absolute atomic E-state index is 0.700. The number of hydrogen-bond acceptors (Lipinski definition) is 3. The fourth-order valence-corrected chi connectivity index (χ4v) is 3.47. The summed E-state index contributed by atoms with van der Waals surface area (Å²) < 4.78 is 0. The second kappa shape index (κ2) is 6.78. The molecule has 3 heteroatoms. The Bertz CT molecular complexity index is 462. The molecule has 2 aliphatic carbocycles. The topological polar surface area (TPSA) is 28.2 Å². The molecule has 21 heavy (non-hydrogen) atoms. The molecule has 1 heterocycles. The van der Waals surface area contributed by atoms with Crippen molar-refractivity contribution in [1.29, 1.82) is 0 Å².